The molecule has 0 radical (unpaired) electrons. The Kier molecular flexibility index (Phi) is 7.25. The molecule has 0 spiro atoms. The van der Waals surface area contributed by atoms with Gasteiger partial charge >= 0.3 is 6.61 Å². The summed E-state index contributed by atoms with van der Waals surface area (Å²) in [7, 11) is 1.35. The molecule has 0 saturated heterocycles. The molecule has 1 aromatic heterocycles. The van der Waals surface area contributed by atoms with Crippen LogP contribution in [-0.2, 0) is 11.3 Å². The summed E-state index contributed by atoms with van der Waals surface area (Å²) < 4.78 is 36.5. The van der Waals surface area contributed by atoms with E-state index in [2.05, 4.69) is 39.4 Å². The molecule has 8 heteroatoms. The number of halogens is 2. The van der Waals surface area contributed by atoms with Gasteiger partial charge in [0.15, 0.2) is 11.5 Å². The number of rotatable bonds is 8. The van der Waals surface area contributed by atoms with E-state index in [9.17, 15) is 13.6 Å². The van der Waals surface area contributed by atoms with Gasteiger partial charge < -0.3 is 14.8 Å². The number of aryl methyl sites for hydroxylation is 2. The number of aromatic nitrogens is 2. The highest BCUT2D eigenvalue weighted by atomic mass is 19.3. The molecule has 0 unspecified atom stereocenters. The first-order valence-corrected chi connectivity index (χ1v) is 9.98. The number of amides is 1. The second kappa shape index (κ2) is 10.1. The smallest absolute Gasteiger partial charge is 0.387 e. The molecule has 6 nitrogen and oxygen atoms in total. The number of alkyl halides is 2. The van der Waals surface area contributed by atoms with Crippen LogP contribution in [0.15, 0.2) is 48.5 Å². The highest BCUT2D eigenvalue weighted by Gasteiger charge is 2.13. The maximum Gasteiger partial charge on any atom is 0.387 e. The zero-order valence-electron chi connectivity index (χ0n) is 18.4. The fourth-order valence-electron chi connectivity index (χ4n) is 3.26. The molecule has 1 heterocycles. The third-order valence-electron chi connectivity index (χ3n) is 4.94. The van der Waals surface area contributed by atoms with Gasteiger partial charge in [-0.1, -0.05) is 29.8 Å². The average molecular weight is 441 g/mol. The second-order valence-electron chi connectivity index (χ2n) is 7.29. The van der Waals surface area contributed by atoms with Crippen LogP contribution in [0.2, 0.25) is 0 Å². The molecular formula is C24H25F2N3O3. The molecule has 0 aliphatic carbocycles. The van der Waals surface area contributed by atoms with E-state index in [1.165, 1.54) is 30.9 Å². The normalized spacial score (nSPS) is 11.2. The zero-order valence-corrected chi connectivity index (χ0v) is 18.4. The van der Waals surface area contributed by atoms with Gasteiger partial charge in [-0.25, -0.2) is 0 Å². The topological polar surface area (TPSA) is 65.4 Å². The lowest BCUT2D eigenvalue weighted by atomic mass is 10.1. The molecule has 1 amide bonds. The van der Waals surface area contributed by atoms with E-state index >= 15 is 0 Å². The first-order valence-electron chi connectivity index (χ1n) is 9.98. The van der Waals surface area contributed by atoms with E-state index in [-0.39, 0.29) is 11.5 Å². The Morgan fingerprint density at radius 2 is 1.84 bits per heavy atom. The van der Waals surface area contributed by atoms with E-state index in [4.69, 9.17) is 4.74 Å². The molecule has 168 valence electrons. The van der Waals surface area contributed by atoms with Crippen LogP contribution in [0.3, 0.4) is 0 Å². The molecule has 0 atom stereocenters. The molecule has 0 fully saturated rings. The van der Waals surface area contributed by atoms with Gasteiger partial charge in [-0.05, 0) is 44.5 Å². The summed E-state index contributed by atoms with van der Waals surface area (Å²) in [5.41, 5.74) is 5.22. The van der Waals surface area contributed by atoms with Gasteiger partial charge in [0.1, 0.15) is 0 Å². The molecule has 2 aromatic carbocycles. The van der Waals surface area contributed by atoms with Crippen molar-refractivity contribution >= 4 is 17.7 Å². The van der Waals surface area contributed by atoms with Crippen LogP contribution in [0.1, 0.15) is 28.1 Å². The van der Waals surface area contributed by atoms with Gasteiger partial charge in [-0.2, -0.15) is 13.9 Å². The summed E-state index contributed by atoms with van der Waals surface area (Å²) >= 11 is 0. The predicted octanol–water partition coefficient (Wildman–Crippen LogP) is 5.12. The van der Waals surface area contributed by atoms with Crippen molar-refractivity contribution in [2.75, 3.05) is 12.4 Å². The summed E-state index contributed by atoms with van der Waals surface area (Å²) in [6.45, 7) is 3.50. The number of hydrogen-bond acceptors (Lipinski definition) is 4. The largest absolute Gasteiger partial charge is 0.493 e. The van der Waals surface area contributed by atoms with E-state index in [1.54, 1.807) is 12.1 Å². The number of nitrogens with zero attached hydrogens (tertiary/aromatic N) is 2. The summed E-state index contributed by atoms with van der Waals surface area (Å²) in [4.78, 5) is 12.4. The van der Waals surface area contributed by atoms with Crippen molar-refractivity contribution in [2.24, 2.45) is 0 Å². The van der Waals surface area contributed by atoms with Gasteiger partial charge in [0.2, 0.25) is 5.91 Å². The van der Waals surface area contributed by atoms with E-state index < -0.39 is 12.5 Å². The minimum Gasteiger partial charge on any atom is -0.493 e. The number of carbonyl (C=O) groups excluding carboxylic acids is 1. The van der Waals surface area contributed by atoms with E-state index in [1.807, 2.05) is 25.5 Å². The van der Waals surface area contributed by atoms with E-state index in [0.717, 1.165) is 22.5 Å². The summed E-state index contributed by atoms with van der Waals surface area (Å²) in [5, 5.41) is 7.21. The van der Waals surface area contributed by atoms with Crippen molar-refractivity contribution in [2.45, 2.75) is 33.9 Å². The SMILES string of the molecule is COc1ccc(NC(=O)/C=C/c2c(C)nn(Cc3ccc(C)cc3)c2C)cc1OC(F)F. The number of carbonyl (C=O) groups is 1. The molecule has 3 rings (SSSR count). The molecule has 1 N–H and O–H groups in total. The van der Waals surface area contributed by atoms with Crippen molar-refractivity contribution in [3.63, 3.8) is 0 Å². The van der Waals surface area contributed by atoms with Gasteiger partial charge in [-0.3, -0.25) is 9.48 Å². The van der Waals surface area contributed by atoms with Crippen molar-refractivity contribution in [1.82, 2.24) is 9.78 Å². The highest BCUT2D eigenvalue weighted by molar-refractivity contribution is 6.02. The van der Waals surface area contributed by atoms with Crippen molar-refractivity contribution in [1.29, 1.82) is 0 Å². The maximum atomic E-state index is 12.6. The summed E-state index contributed by atoms with van der Waals surface area (Å²) in [6, 6.07) is 12.5. The van der Waals surface area contributed by atoms with Crippen LogP contribution in [0, 0.1) is 20.8 Å². The minimum absolute atomic E-state index is 0.145. The van der Waals surface area contributed by atoms with Crippen LogP contribution in [0.5, 0.6) is 11.5 Å². The van der Waals surface area contributed by atoms with Gasteiger partial charge in [0.05, 0.1) is 19.3 Å². The van der Waals surface area contributed by atoms with Gasteiger partial charge in [0.25, 0.3) is 0 Å². The second-order valence-corrected chi connectivity index (χ2v) is 7.29. The molecule has 0 saturated carbocycles. The van der Waals surface area contributed by atoms with Crippen LogP contribution < -0.4 is 14.8 Å². The Hall–Kier alpha value is -3.68. The number of anilines is 1. The van der Waals surface area contributed by atoms with E-state index in [0.29, 0.717) is 12.2 Å². The molecular weight excluding hydrogens is 416 g/mol. The van der Waals surface area contributed by atoms with Crippen molar-refractivity contribution < 1.29 is 23.0 Å². The third kappa shape index (κ3) is 5.72. The van der Waals surface area contributed by atoms with Crippen LogP contribution in [0.4, 0.5) is 14.5 Å². The lowest BCUT2D eigenvalue weighted by molar-refractivity contribution is -0.111. The van der Waals surface area contributed by atoms with Crippen molar-refractivity contribution in [3.8, 4) is 11.5 Å². The third-order valence-corrected chi connectivity index (χ3v) is 4.94. The van der Waals surface area contributed by atoms with Gasteiger partial charge in [0, 0.05) is 29.1 Å². The predicted molar refractivity (Wildman–Crippen MR) is 119 cm³/mol. The lowest BCUT2D eigenvalue weighted by Gasteiger charge is -2.11. The fourth-order valence-corrected chi connectivity index (χ4v) is 3.26. The Balaban J connectivity index is 1.71. The summed E-state index contributed by atoms with van der Waals surface area (Å²) in [5.74, 6) is -0.428. The van der Waals surface area contributed by atoms with Gasteiger partial charge in [-0.15, -0.1) is 0 Å². The first-order chi connectivity index (χ1) is 15.3. The average Bonchev–Trinajstić information content (AvgIpc) is 3.00. The van der Waals surface area contributed by atoms with Crippen LogP contribution in [0.25, 0.3) is 6.08 Å². The fraction of sp³-hybridized carbons (Fsp3) is 0.250. The zero-order chi connectivity index (χ0) is 23.3. The first kappa shape index (κ1) is 23.0. The minimum atomic E-state index is -3.00. The lowest BCUT2D eigenvalue weighted by Crippen LogP contribution is -2.09. The molecule has 32 heavy (non-hydrogen) atoms. The quantitative estimate of drug-likeness (QED) is 0.493. The van der Waals surface area contributed by atoms with Crippen LogP contribution >= 0.6 is 0 Å². The monoisotopic (exact) mass is 441 g/mol. The summed E-state index contributed by atoms with van der Waals surface area (Å²) in [6.07, 6.45) is 3.07. The number of methoxy groups -OCH3 is 1. The Bertz CT molecular complexity index is 1120. The Morgan fingerprint density at radius 3 is 2.50 bits per heavy atom. The number of ether oxygens (including phenoxy) is 2. The molecule has 3 aromatic rings. The Morgan fingerprint density at radius 1 is 1.12 bits per heavy atom. The highest BCUT2D eigenvalue weighted by Crippen LogP contribution is 2.31. The standard InChI is InChI=1S/C24H25F2N3O3/c1-15-5-7-18(8-6-15)14-29-17(3)20(16(2)28-29)10-12-23(30)27-19-9-11-21(31-4)22(13-19)32-24(25)26/h5-13,24H,14H2,1-4H3,(H,27,30)/b12-10+. The number of nitrogens with one attached hydrogen (secondary N) is 1. The Labute approximate surface area is 185 Å². The van der Waals surface area contributed by atoms with Crippen molar-refractivity contribution in [3.05, 3.63) is 76.6 Å². The maximum absolute atomic E-state index is 12.6. The number of hydrogen-bond donors (Lipinski definition) is 1. The molecule has 0 bridgehead atoms. The molecule has 0 aliphatic heterocycles. The molecule has 0 aliphatic rings. The number of benzene rings is 2. The van der Waals surface area contributed by atoms with Crippen LogP contribution in [-0.4, -0.2) is 29.4 Å².